The zero-order valence-electron chi connectivity index (χ0n) is 8.45. The first-order valence-corrected chi connectivity index (χ1v) is 5.44. The Morgan fingerprint density at radius 3 is 2.62 bits per heavy atom. The highest BCUT2D eigenvalue weighted by Crippen LogP contribution is 2.48. The summed E-state index contributed by atoms with van der Waals surface area (Å²) in [5, 5.41) is 0. The van der Waals surface area contributed by atoms with Gasteiger partial charge in [-0.25, -0.2) is 0 Å². The third kappa shape index (κ3) is 1.27. The normalized spacial score (nSPS) is 43.4. The minimum atomic E-state index is 0.0767. The van der Waals surface area contributed by atoms with E-state index in [9.17, 15) is 4.79 Å². The van der Waals surface area contributed by atoms with Crippen LogP contribution >= 0.6 is 0 Å². The van der Waals surface area contributed by atoms with Crippen LogP contribution in [0.1, 0.15) is 33.1 Å². The summed E-state index contributed by atoms with van der Waals surface area (Å²) in [6.45, 7) is 5.10. The molecule has 0 aromatic heterocycles. The number of hydrogen-bond acceptors (Lipinski definition) is 2. The van der Waals surface area contributed by atoms with Crippen LogP contribution in [0.4, 0.5) is 0 Å². The van der Waals surface area contributed by atoms with Gasteiger partial charge in [-0.2, -0.15) is 0 Å². The minimum absolute atomic E-state index is 0.0767. The number of hydrogen-bond donors (Lipinski definition) is 0. The molecule has 0 N–H and O–H groups in total. The number of rotatable bonds is 2. The van der Waals surface area contributed by atoms with Crippen LogP contribution in [0, 0.1) is 23.7 Å². The van der Waals surface area contributed by atoms with Gasteiger partial charge in [0.05, 0.1) is 12.5 Å². The fraction of sp³-hybridized carbons (Fsp3) is 0.909. The Hall–Kier alpha value is -0.530. The lowest BCUT2D eigenvalue weighted by Crippen LogP contribution is -2.18. The molecule has 4 atom stereocenters. The summed E-state index contributed by atoms with van der Waals surface area (Å²) >= 11 is 0. The topological polar surface area (TPSA) is 26.3 Å². The second-order valence-electron chi connectivity index (χ2n) is 4.39. The molecule has 1 saturated heterocycles. The molecule has 0 radical (unpaired) electrons. The van der Waals surface area contributed by atoms with Crippen molar-refractivity contribution in [2.45, 2.75) is 33.1 Å². The number of fused-ring (bicyclic) bond motifs is 1. The third-order valence-electron chi connectivity index (χ3n) is 3.92. The highest BCUT2D eigenvalue weighted by Gasteiger charge is 2.50. The second kappa shape index (κ2) is 3.32. The van der Waals surface area contributed by atoms with E-state index in [0.717, 1.165) is 12.3 Å². The van der Waals surface area contributed by atoms with E-state index >= 15 is 0 Å². The molecule has 2 fully saturated rings. The van der Waals surface area contributed by atoms with Crippen LogP contribution in [0.3, 0.4) is 0 Å². The number of ether oxygens (including phenoxy) is 1. The molecule has 1 aliphatic carbocycles. The van der Waals surface area contributed by atoms with Gasteiger partial charge in [-0.05, 0) is 18.3 Å². The fourth-order valence-corrected chi connectivity index (χ4v) is 3.12. The Labute approximate surface area is 79.7 Å². The predicted octanol–water partition coefficient (Wildman–Crippen LogP) is 2.23. The molecule has 0 amide bonds. The Morgan fingerprint density at radius 1 is 1.31 bits per heavy atom. The van der Waals surface area contributed by atoms with Gasteiger partial charge in [0.1, 0.15) is 0 Å². The minimum Gasteiger partial charge on any atom is -0.465 e. The number of carbonyl (C=O) groups excluding carboxylic acids is 1. The zero-order chi connectivity index (χ0) is 9.42. The van der Waals surface area contributed by atoms with Gasteiger partial charge in [-0.3, -0.25) is 4.79 Å². The molecule has 74 valence electrons. The summed E-state index contributed by atoms with van der Waals surface area (Å²) in [6.07, 6.45) is 3.58. The maximum absolute atomic E-state index is 11.5. The van der Waals surface area contributed by atoms with E-state index < -0.39 is 0 Å². The summed E-state index contributed by atoms with van der Waals surface area (Å²) in [5.74, 6) is 2.21. The molecule has 0 aromatic rings. The van der Waals surface area contributed by atoms with Crippen molar-refractivity contribution >= 4 is 5.97 Å². The number of esters is 1. The van der Waals surface area contributed by atoms with E-state index in [2.05, 4.69) is 13.8 Å². The maximum Gasteiger partial charge on any atom is 0.309 e. The Bertz CT molecular complexity index is 212. The van der Waals surface area contributed by atoms with E-state index in [1.165, 1.54) is 12.8 Å². The maximum atomic E-state index is 11.5. The van der Waals surface area contributed by atoms with Crippen LogP contribution in [-0.2, 0) is 9.53 Å². The SMILES string of the molecule is CC[C@@H]1C[C@H](CC)[C@H]2C(=O)OC[C@@H]12. The van der Waals surface area contributed by atoms with Gasteiger partial charge < -0.3 is 4.74 Å². The third-order valence-corrected chi connectivity index (χ3v) is 3.92. The lowest BCUT2D eigenvalue weighted by molar-refractivity contribution is -0.142. The zero-order valence-corrected chi connectivity index (χ0v) is 8.45. The van der Waals surface area contributed by atoms with E-state index in [4.69, 9.17) is 4.74 Å². The molecule has 1 aliphatic heterocycles. The lowest BCUT2D eigenvalue weighted by atomic mass is 9.88. The quantitative estimate of drug-likeness (QED) is 0.612. The van der Waals surface area contributed by atoms with Gasteiger partial charge in [0, 0.05) is 5.92 Å². The summed E-state index contributed by atoms with van der Waals surface area (Å²) in [6, 6.07) is 0. The first-order chi connectivity index (χ1) is 6.27. The van der Waals surface area contributed by atoms with Crippen LogP contribution in [0.15, 0.2) is 0 Å². The molecule has 2 aliphatic rings. The van der Waals surface area contributed by atoms with Crippen LogP contribution in [0.2, 0.25) is 0 Å². The molecule has 0 aromatic carbocycles. The Kier molecular flexibility index (Phi) is 2.31. The molecule has 0 unspecified atom stereocenters. The van der Waals surface area contributed by atoms with Crippen molar-refractivity contribution in [3.8, 4) is 0 Å². The molecule has 2 nitrogen and oxygen atoms in total. The van der Waals surface area contributed by atoms with Crippen molar-refractivity contribution < 1.29 is 9.53 Å². The monoisotopic (exact) mass is 182 g/mol. The number of carbonyl (C=O) groups is 1. The van der Waals surface area contributed by atoms with Gasteiger partial charge in [-0.1, -0.05) is 26.7 Å². The molecule has 1 heterocycles. The van der Waals surface area contributed by atoms with Gasteiger partial charge in [0.15, 0.2) is 0 Å². The van der Waals surface area contributed by atoms with Crippen LogP contribution in [0.5, 0.6) is 0 Å². The van der Waals surface area contributed by atoms with Crippen molar-refractivity contribution in [1.82, 2.24) is 0 Å². The van der Waals surface area contributed by atoms with Gasteiger partial charge in [0.25, 0.3) is 0 Å². The predicted molar refractivity (Wildman–Crippen MR) is 50.1 cm³/mol. The molecule has 13 heavy (non-hydrogen) atoms. The van der Waals surface area contributed by atoms with E-state index in [-0.39, 0.29) is 11.9 Å². The highest BCUT2D eigenvalue weighted by molar-refractivity contribution is 5.75. The first kappa shape index (κ1) is 9.04. The van der Waals surface area contributed by atoms with E-state index in [1.54, 1.807) is 0 Å². The first-order valence-electron chi connectivity index (χ1n) is 5.44. The van der Waals surface area contributed by atoms with Gasteiger partial charge in [-0.15, -0.1) is 0 Å². The van der Waals surface area contributed by atoms with Crippen molar-refractivity contribution in [1.29, 1.82) is 0 Å². The molecule has 0 spiro atoms. The van der Waals surface area contributed by atoms with Crippen LogP contribution in [-0.4, -0.2) is 12.6 Å². The number of cyclic esters (lactones) is 1. The summed E-state index contributed by atoms with van der Waals surface area (Å²) in [4.78, 5) is 11.5. The largest absolute Gasteiger partial charge is 0.465 e. The molecule has 0 bridgehead atoms. The summed E-state index contributed by atoms with van der Waals surface area (Å²) in [7, 11) is 0. The van der Waals surface area contributed by atoms with Crippen LogP contribution < -0.4 is 0 Å². The summed E-state index contributed by atoms with van der Waals surface area (Å²) < 4.78 is 5.15. The molecular formula is C11H18O2. The Balaban J connectivity index is 2.16. The standard InChI is InChI=1S/C11H18O2/c1-3-7-5-8(4-2)10-9(7)6-13-11(10)12/h7-10H,3-6H2,1-2H3/t7-,8+,9+,10-/m1/s1. The molecule has 2 heteroatoms. The smallest absolute Gasteiger partial charge is 0.309 e. The van der Waals surface area contributed by atoms with Crippen molar-refractivity contribution in [3.05, 3.63) is 0 Å². The van der Waals surface area contributed by atoms with E-state index in [1.807, 2.05) is 0 Å². The molecular weight excluding hydrogens is 164 g/mol. The fourth-order valence-electron chi connectivity index (χ4n) is 3.12. The van der Waals surface area contributed by atoms with Crippen LogP contribution in [0.25, 0.3) is 0 Å². The highest BCUT2D eigenvalue weighted by atomic mass is 16.5. The van der Waals surface area contributed by atoms with Crippen molar-refractivity contribution in [3.63, 3.8) is 0 Å². The second-order valence-corrected chi connectivity index (χ2v) is 4.39. The summed E-state index contributed by atoms with van der Waals surface area (Å²) in [5.41, 5.74) is 0. The molecule has 1 saturated carbocycles. The van der Waals surface area contributed by atoms with Gasteiger partial charge in [0.2, 0.25) is 0 Å². The van der Waals surface area contributed by atoms with Crippen molar-refractivity contribution in [2.24, 2.45) is 23.7 Å². The lowest BCUT2D eigenvalue weighted by Gasteiger charge is -2.12. The van der Waals surface area contributed by atoms with E-state index in [0.29, 0.717) is 18.4 Å². The Morgan fingerprint density at radius 2 is 2.00 bits per heavy atom. The van der Waals surface area contributed by atoms with Gasteiger partial charge >= 0.3 is 5.97 Å². The molecule has 2 rings (SSSR count). The average Bonchev–Trinajstić information content (AvgIpc) is 2.67. The van der Waals surface area contributed by atoms with Crippen molar-refractivity contribution in [2.75, 3.05) is 6.61 Å². The average molecular weight is 182 g/mol.